The first-order chi connectivity index (χ1) is 10.8. The van der Waals surface area contributed by atoms with E-state index in [0.29, 0.717) is 24.0 Å². The van der Waals surface area contributed by atoms with Crippen molar-refractivity contribution in [3.63, 3.8) is 0 Å². The quantitative estimate of drug-likeness (QED) is 0.672. The third kappa shape index (κ3) is 3.01. The minimum absolute atomic E-state index is 0.447. The number of benzene rings is 1. The number of hydrogen-bond donors (Lipinski definition) is 3. The zero-order chi connectivity index (χ0) is 15.4. The highest BCUT2D eigenvalue weighted by molar-refractivity contribution is 5.67. The number of anilines is 3. The van der Waals surface area contributed by atoms with Gasteiger partial charge in [0.15, 0.2) is 0 Å². The Morgan fingerprint density at radius 1 is 1.14 bits per heavy atom. The number of H-pyrrole nitrogens is 1. The molecule has 4 N–H and O–H groups in total. The van der Waals surface area contributed by atoms with Gasteiger partial charge < -0.3 is 15.8 Å². The van der Waals surface area contributed by atoms with E-state index < -0.39 is 0 Å². The number of nitrogen functional groups attached to an aromatic ring is 1. The van der Waals surface area contributed by atoms with E-state index in [9.17, 15) is 0 Å². The molecule has 6 heteroatoms. The Morgan fingerprint density at radius 3 is 2.64 bits per heavy atom. The number of rotatable bonds is 5. The molecule has 0 fully saturated rings. The fraction of sp³-hybridized carbons (Fsp3) is 0.125. The van der Waals surface area contributed by atoms with Gasteiger partial charge in [0, 0.05) is 17.4 Å². The van der Waals surface area contributed by atoms with Gasteiger partial charge in [0.1, 0.15) is 5.82 Å². The van der Waals surface area contributed by atoms with Crippen LogP contribution in [0.3, 0.4) is 0 Å². The lowest BCUT2D eigenvalue weighted by molar-refractivity contribution is 0.329. The molecule has 0 amide bonds. The van der Waals surface area contributed by atoms with Crippen molar-refractivity contribution in [2.24, 2.45) is 0 Å². The number of nitrogens with zero attached hydrogens (tertiary/aromatic N) is 2. The van der Waals surface area contributed by atoms with Crippen LogP contribution in [0.25, 0.3) is 11.1 Å². The summed E-state index contributed by atoms with van der Waals surface area (Å²) < 4.78 is 5.40. The Labute approximate surface area is 128 Å². The largest absolute Gasteiger partial charge is 0.476 e. The first-order valence-electron chi connectivity index (χ1n) is 7.02. The standard InChI is InChI=1S/C16H17N5O/c1-2-22-16-14(17)7-8-15(21-16)20-13-5-3-11(4-6-13)12-9-18-19-10-12/h3-10H,2,17H2,1H3,(H,18,19)(H,20,21). The van der Waals surface area contributed by atoms with Crippen molar-refractivity contribution in [3.8, 4) is 17.0 Å². The van der Waals surface area contributed by atoms with Gasteiger partial charge in [-0.3, -0.25) is 5.10 Å². The van der Waals surface area contributed by atoms with Crippen LogP contribution in [0.15, 0.2) is 48.8 Å². The summed E-state index contributed by atoms with van der Waals surface area (Å²) in [5.41, 5.74) is 9.43. The molecule has 2 heterocycles. The van der Waals surface area contributed by atoms with Crippen molar-refractivity contribution in [2.45, 2.75) is 6.92 Å². The summed E-state index contributed by atoms with van der Waals surface area (Å²) in [5.74, 6) is 1.14. The van der Waals surface area contributed by atoms with Crippen LogP contribution in [-0.2, 0) is 0 Å². The fourth-order valence-electron chi connectivity index (χ4n) is 2.08. The Kier molecular flexibility index (Phi) is 3.91. The van der Waals surface area contributed by atoms with Gasteiger partial charge in [0.2, 0.25) is 5.88 Å². The van der Waals surface area contributed by atoms with Crippen molar-refractivity contribution in [2.75, 3.05) is 17.7 Å². The van der Waals surface area contributed by atoms with Crippen LogP contribution in [0.4, 0.5) is 17.2 Å². The maximum absolute atomic E-state index is 5.82. The van der Waals surface area contributed by atoms with Crippen molar-refractivity contribution in [3.05, 3.63) is 48.8 Å². The predicted octanol–water partition coefficient (Wildman–Crippen LogP) is 3.20. The number of aromatic nitrogens is 3. The average molecular weight is 295 g/mol. The topological polar surface area (TPSA) is 88.8 Å². The molecule has 112 valence electrons. The van der Waals surface area contributed by atoms with Crippen molar-refractivity contribution >= 4 is 17.2 Å². The molecule has 0 aliphatic carbocycles. The third-order valence-corrected chi connectivity index (χ3v) is 3.16. The van der Waals surface area contributed by atoms with Crippen molar-refractivity contribution < 1.29 is 4.74 Å². The summed E-state index contributed by atoms with van der Waals surface area (Å²) >= 11 is 0. The molecule has 0 saturated carbocycles. The number of nitrogens with two attached hydrogens (primary N) is 1. The normalized spacial score (nSPS) is 10.4. The van der Waals surface area contributed by atoms with E-state index in [0.717, 1.165) is 16.8 Å². The monoisotopic (exact) mass is 295 g/mol. The van der Waals surface area contributed by atoms with Crippen LogP contribution < -0.4 is 15.8 Å². The first-order valence-corrected chi connectivity index (χ1v) is 7.02. The highest BCUT2D eigenvalue weighted by atomic mass is 16.5. The van der Waals surface area contributed by atoms with Crippen LogP contribution in [0.2, 0.25) is 0 Å². The molecule has 0 spiro atoms. The summed E-state index contributed by atoms with van der Waals surface area (Å²) in [6.07, 6.45) is 3.65. The van der Waals surface area contributed by atoms with Crippen LogP contribution in [0, 0.1) is 0 Å². The molecule has 3 rings (SSSR count). The molecule has 22 heavy (non-hydrogen) atoms. The molecule has 0 bridgehead atoms. The second-order valence-corrected chi connectivity index (χ2v) is 4.71. The maximum atomic E-state index is 5.82. The van der Waals surface area contributed by atoms with E-state index >= 15 is 0 Å². The minimum Gasteiger partial charge on any atom is -0.476 e. The zero-order valence-electron chi connectivity index (χ0n) is 12.2. The summed E-state index contributed by atoms with van der Waals surface area (Å²) in [5, 5.41) is 9.98. The Bertz CT molecular complexity index is 738. The van der Waals surface area contributed by atoms with E-state index in [2.05, 4.69) is 20.5 Å². The van der Waals surface area contributed by atoms with Gasteiger partial charge in [-0.2, -0.15) is 10.1 Å². The Balaban J connectivity index is 1.77. The van der Waals surface area contributed by atoms with Crippen LogP contribution >= 0.6 is 0 Å². The van der Waals surface area contributed by atoms with E-state index in [1.54, 1.807) is 12.3 Å². The van der Waals surface area contributed by atoms with Gasteiger partial charge in [-0.15, -0.1) is 0 Å². The van der Waals surface area contributed by atoms with E-state index in [1.807, 2.05) is 43.5 Å². The highest BCUT2D eigenvalue weighted by Crippen LogP contribution is 2.25. The lowest BCUT2D eigenvalue weighted by atomic mass is 10.1. The second kappa shape index (κ2) is 6.17. The number of aromatic amines is 1. The van der Waals surface area contributed by atoms with Crippen LogP contribution in [0.1, 0.15) is 6.92 Å². The number of nitrogens with one attached hydrogen (secondary N) is 2. The molecular weight excluding hydrogens is 278 g/mol. The van der Waals surface area contributed by atoms with Crippen LogP contribution in [-0.4, -0.2) is 21.8 Å². The molecule has 1 aromatic carbocycles. The van der Waals surface area contributed by atoms with Gasteiger partial charge in [-0.05, 0) is 36.8 Å². The molecule has 2 aromatic heterocycles. The average Bonchev–Trinajstić information content (AvgIpc) is 3.06. The van der Waals surface area contributed by atoms with Crippen molar-refractivity contribution in [1.82, 2.24) is 15.2 Å². The van der Waals surface area contributed by atoms with E-state index in [1.165, 1.54) is 0 Å². The van der Waals surface area contributed by atoms with Gasteiger partial charge in [0.05, 0.1) is 18.5 Å². The summed E-state index contributed by atoms with van der Waals surface area (Å²) in [6, 6.07) is 11.6. The van der Waals surface area contributed by atoms with Crippen molar-refractivity contribution in [1.29, 1.82) is 0 Å². The number of hydrogen-bond acceptors (Lipinski definition) is 5. The molecule has 0 radical (unpaired) electrons. The molecule has 3 aromatic rings. The second-order valence-electron chi connectivity index (χ2n) is 4.71. The van der Waals surface area contributed by atoms with Gasteiger partial charge >= 0.3 is 0 Å². The molecule has 0 unspecified atom stereocenters. The maximum Gasteiger partial charge on any atom is 0.239 e. The molecule has 0 saturated heterocycles. The van der Waals surface area contributed by atoms with Gasteiger partial charge in [0.25, 0.3) is 0 Å². The minimum atomic E-state index is 0.447. The molecule has 0 atom stereocenters. The molecule has 0 aliphatic rings. The SMILES string of the molecule is CCOc1nc(Nc2ccc(-c3cn[nH]c3)cc2)ccc1N. The zero-order valence-corrected chi connectivity index (χ0v) is 12.2. The fourth-order valence-corrected chi connectivity index (χ4v) is 2.08. The van der Waals surface area contributed by atoms with E-state index in [4.69, 9.17) is 10.5 Å². The third-order valence-electron chi connectivity index (χ3n) is 3.16. The first kappa shape index (κ1) is 13.9. The molecular formula is C16H17N5O. The molecule has 0 aliphatic heterocycles. The van der Waals surface area contributed by atoms with Gasteiger partial charge in [-0.1, -0.05) is 12.1 Å². The van der Waals surface area contributed by atoms with Crippen LogP contribution in [0.5, 0.6) is 5.88 Å². The van der Waals surface area contributed by atoms with E-state index in [-0.39, 0.29) is 0 Å². The Morgan fingerprint density at radius 2 is 1.95 bits per heavy atom. The summed E-state index contributed by atoms with van der Waals surface area (Å²) in [4.78, 5) is 4.36. The smallest absolute Gasteiger partial charge is 0.239 e. The Hall–Kier alpha value is -3.02. The molecule has 6 nitrogen and oxygen atoms in total. The lowest BCUT2D eigenvalue weighted by Crippen LogP contribution is -2.02. The predicted molar refractivity (Wildman–Crippen MR) is 87.1 cm³/mol. The van der Waals surface area contributed by atoms with Gasteiger partial charge in [-0.25, -0.2) is 0 Å². The number of ether oxygens (including phenoxy) is 1. The highest BCUT2D eigenvalue weighted by Gasteiger charge is 2.05. The number of pyridine rings is 1. The summed E-state index contributed by atoms with van der Waals surface area (Å²) in [7, 11) is 0. The summed E-state index contributed by atoms with van der Waals surface area (Å²) in [6.45, 7) is 2.43. The lowest BCUT2D eigenvalue weighted by Gasteiger charge is -2.10.